The number of nitrogens with one attached hydrogen (secondary N) is 1. The van der Waals surface area contributed by atoms with Crippen molar-refractivity contribution in [2.24, 2.45) is 5.92 Å². The number of benzene rings is 1. The second kappa shape index (κ2) is 7.64. The minimum atomic E-state index is -4.73. The SMILES string of the molecule is CC(C(=O)Nc1ccc(Cl)cc1C(F)(F)F)N1CCCC(C(F)(F)F)C1. The predicted octanol–water partition coefficient (Wildman–Crippen LogP) is 4.96. The van der Waals surface area contributed by atoms with E-state index in [4.69, 9.17) is 11.6 Å². The van der Waals surface area contributed by atoms with Crippen molar-refractivity contribution in [3.63, 3.8) is 0 Å². The fourth-order valence-corrected chi connectivity index (χ4v) is 3.06. The quantitative estimate of drug-likeness (QED) is 0.725. The predicted molar refractivity (Wildman–Crippen MR) is 84.9 cm³/mol. The molecular formula is C16H17ClF6N2O. The van der Waals surface area contributed by atoms with Crippen LogP contribution in [0, 0.1) is 5.92 Å². The molecule has 2 unspecified atom stereocenters. The lowest BCUT2D eigenvalue weighted by atomic mass is 9.96. The summed E-state index contributed by atoms with van der Waals surface area (Å²) in [5, 5.41) is 2.01. The molecule has 1 saturated heterocycles. The summed E-state index contributed by atoms with van der Waals surface area (Å²) < 4.78 is 77.9. The molecule has 2 atom stereocenters. The van der Waals surface area contributed by atoms with Gasteiger partial charge in [0.15, 0.2) is 0 Å². The molecule has 1 aliphatic rings. The van der Waals surface area contributed by atoms with Crippen LogP contribution in [0.2, 0.25) is 5.02 Å². The van der Waals surface area contributed by atoms with Gasteiger partial charge in [-0.1, -0.05) is 11.6 Å². The van der Waals surface area contributed by atoms with E-state index in [9.17, 15) is 31.1 Å². The summed E-state index contributed by atoms with van der Waals surface area (Å²) in [5.74, 6) is -2.35. The van der Waals surface area contributed by atoms with Crippen molar-refractivity contribution in [1.82, 2.24) is 4.90 Å². The van der Waals surface area contributed by atoms with Gasteiger partial charge < -0.3 is 5.32 Å². The number of halogens is 7. The zero-order valence-electron chi connectivity index (χ0n) is 13.7. The maximum atomic E-state index is 13.1. The van der Waals surface area contributed by atoms with Crippen molar-refractivity contribution < 1.29 is 31.1 Å². The highest BCUT2D eigenvalue weighted by Gasteiger charge is 2.43. The number of piperidine rings is 1. The van der Waals surface area contributed by atoms with E-state index in [0.29, 0.717) is 6.07 Å². The van der Waals surface area contributed by atoms with Gasteiger partial charge in [0.2, 0.25) is 5.91 Å². The molecular weight excluding hydrogens is 386 g/mol. The lowest BCUT2D eigenvalue weighted by molar-refractivity contribution is -0.188. The Morgan fingerprint density at radius 1 is 1.27 bits per heavy atom. The standard InChI is InChI=1S/C16H17ClF6N2O/c1-9(25-6-2-3-10(8-25)15(18,19)20)14(26)24-13-5-4-11(17)7-12(13)16(21,22)23/h4-5,7,9-10H,2-3,6,8H2,1H3,(H,24,26). The van der Waals surface area contributed by atoms with E-state index in [-0.39, 0.29) is 31.0 Å². The Labute approximate surface area is 151 Å². The molecule has 0 saturated carbocycles. The average Bonchev–Trinajstić information content (AvgIpc) is 2.54. The van der Waals surface area contributed by atoms with Gasteiger partial charge in [0.1, 0.15) is 0 Å². The number of amides is 1. The third-order valence-corrected chi connectivity index (χ3v) is 4.62. The van der Waals surface area contributed by atoms with Crippen molar-refractivity contribution in [1.29, 1.82) is 0 Å². The number of hydrogen-bond donors (Lipinski definition) is 1. The lowest BCUT2D eigenvalue weighted by Crippen LogP contribution is -2.49. The zero-order chi connectivity index (χ0) is 19.7. The molecule has 26 heavy (non-hydrogen) atoms. The molecule has 1 amide bonds. The summed E-state index contributed by atoms with van der Waals surface area (Å²) in [7, 11) is 0. The van der Waals surface area contributed by atoms with Gasteiger partial charge in [0.25, 0.3) is 0 Å². The molecule has 0 radical (unpaired) electrons. The Balaban J connectivity index is 2.13. The number of rotatable bonds is 3. The van der Waals surface area contributed by atoms with Crippen LogP contribution in [0.5, 0.6) is 0 Å². The molecule has 10 heteroatoms. The minimum absolute atomic E-state index is 0.0241. The first kappa shape index (κ1) is 20.8. The number of alkyl halides is 6. The minimum Gasteiger partial charge on any atom is -0.324 e. The van der Waals surface area contributed by atoms with Crippen molar-refractivity contribution >= 4 is 23.2 Å². The number of carbonyl (C=O) groups is 1. The smallest absolute Gasteiger partial charge is 0.324 e. The first-order valence-electron chi connectivity index (χ1n) is 7.88. The maximum Gasteiger partial charge on any atom is 0.418 e. The highest BCUT2D eigenvalue weighted by atomic mass is 35.5. The van der Waals surface area contributed by atoms with Crippen LogP contribution in [0.25, 0.3) is 0 Å². The largest absolute Gasteiger partial charge is 0.418 e. The monoisotopic (exact) mass is 402 g/mol. The first-order valence-corrected chi connectivity index (χ1v) is 8.25. The zero-order valence-corrected chi connectivity index (χ0v) is 14.5. The van der Waals surface area contributed by atoms with E-state index in [1.807, 2.05) is 0 Å². The van der Waals surface area contributed by atoms with Crippen LogP contribution in [-0.2, 0) is 11.0 Å². The number of hydrogen-bond acceptors (Lipinski definition) is 2. The molecule has 1 fully saturated rings. The Morgan fingerprint density at radius 3 is 2.50 bits per heavy atom. The summed E-state index contributed by atoms with van der Waals surface area (Å²) in [6.07, 6.45) is -8.86. The van der Waals surface area contributed by atoms with E-state index < -0.39 is 41.5 Å². The van der Waals surface area contributed by atoms with Crippen LogP contribution in [0.3, 0.4) is 0 Å². The van der Waals surface area contributed by atoms with Gasteiger partial charge >= 0.3 is 12.4 Å². The summed E-state index contributed by atoms with van der Waals surface area (Å²) >= 11 is 5.57. The molecule has 3 nitrogen and oxygen atoms in total. The molecule has 1 N–H and O–H groups in total. The van der Waals surface area contributed by atoms with Gasteiger partial charge in [-0.3, -0.25) is 9.69 Å². The molecule has 0 spiro atoms. The Kier molecular flexibility index (Phi) is 6.12. The second-order valence-electron chi connectivity index (χ2n) is 6.23. The van der Waals surface area contributed by atoms with E-state index >= 15 is 0 Å². The van der Waals surface area contributed by atoms with E-state index in [2.05, 4.69) is 5.32 Å². The van der Waals surface area contributed by atoms with Crippen molar-refractivity contribution in [3.8, 4) is 0 Å². The Morgan fingerprint density at radius 2 is 1.92 bits per heavy atom. The maximum absolute atomic E-state index is 13.1. The summed E-state index contributed by atoms with van der Waals surface area (Å²) in [6.45, 7) is 1.29. The molecule has 1 aliphatic heterocycles. The molecule has 0 aromatic heterocycles. The van der Waals surface area contributed by atoms with Gasteiger partial charge in [0.05, 0.1) is 23.2 Å². The van der Waals surface area contributed by atoms with Crippen LogP contribution in [0.15, 0.2) is 18.2 Å². The van der Waals surface area contributed by atoms with Crippen LogP contribution >= 0.6 is 11.6 Å². The molecule has 1 heterocycles. The fourth-order valence-electron chi connectivity index (χ4n) is 2.89. The average molecular weight is 403 g/mol. The number of anilines is 1. The Bertz CT molecular complexity index is 661. The first-order chi connectivity index (χ1) is 11.9. The highest BCUT2D eigenvalue weighted by molar-refractivity contribution is 6.30. The number of carbonyl (C=O) groups excluding carboxylic acids is 1. The molecule has 1 aromatic carbocycles. The van der Waals surface area contributed by atoms with Crippen molar-refractivity contribution in [2.45, 2.75) is 38.2 Å². The topological polar surface area (TPSA) is 32.3 Å². The summed E-state index contributed by atoms with van der Waals surface area (Å²) in [5.41, 5.74) is -1.60. The molecule has 0 bridgehead atoms. The molecule has 146 valence electrons. The third kappa shape index (κ3) is 5.03. The normalized spacial score (nSPS) is 20.7. The summed E-state index contributed by atoms with van der Waals surface area (Å²) in [6, 6.07) is 1.89. The Hall–Kier alpha value is -1.48. The van der Waals surface area contributed by atoms with Crippen LogP contribution in [0.4, 0.5) is 32.0 Å². The van der Waals surface area contributed by atoms with Gasteiger partial charge in [-0.05, 0) is 44.5 Å². The van der Waals surface area contributed by atoms with Gasteiger partial charge in [-0.15, -0.1) is 0 Å². The molecule has 1 aromatic rings. The van der Waals surface area contributed by atoms with Gasteiger partial charge in [-0.2, -0.15) is 26.3 Å². The number of likely N-dealkylation sites (tertiary alicyclic amines) is 1. The molecule has 0 aliphatic carbocycles. The lowest BCUT2D eigenvalue weighted by Gasteiger charge is -2.36. The number of nitrogens with zero attached hydrogens (tertiary/aromatic N) is 1. The van der Waals surface area contributed by atoms with Crippen molar-refractivity contribution in [2.75, 3.05) is 18.4 Å². The summed E-state index contributed by atoms with van der Waals surface area (Å²) in [4.78, 5) is 13.6. The van der Waals surface area contributed by atoms with Crippen LogP contribution < -0.4 is 5.32 Å². The van der Waals surface area contributed by atoms with Crippen LogP contribution in [-0.4, -0.2) is 36.1 Å². The fraction of sp³-hybridized carbons (Fsp3) is 0.562. The van der Waals surface area contributed by atoms with Gasteiger partial charge in [0, 0.05) is 11.6 Å². The second-order valence-corrected chi connectivity index (χ2v) is 6.67. The third-order valence-electron chi connectivity index (χ3n) is 4.39. The molecule has 2 rings (SSSR count). The highest BCUT2D eigenvalue weighted by Crippen LogP contribution is 2.37. The van der Waals surface area contributed by atoms with Crippen LogP contribution in [0.1, 0.15) is 25.3 Å². The van der Waals surface area contributed by atoms with E-state index in [0.717, 1.165) is 6.07 Å². The van der Waals surface area contributed by atoms with E-state index in [1.165, 1.54) is 17.9 Å². The van der Waals surface area contributed by atoms with E-state index in [1.54, 1.807) is 0 Å². The van der Waals surface area contributed by atoms with Crippen molar-refractivity contribution in [3.05, 3.63) is 28.8 Å². The van der Waals surface area contributed by atoms with Gasteiger partial charge in [-0.25, -0.2) is 0 Å².